The average Bonchev–Trinajstić information content (AvgIpc) is 3.67. The fraction of sp³-hybridized carbons (Fsp3) is 0.455. The summed E-state index contributed by atoms with van der Waals surface area (Å²) in [6, 6.07) is 31.0. The minimum Gasteiger partial charge on any atom is -0.497 e. The van der Waals surface area contributed by atoms with E-state index in [0.29, 0.717) is 11.5 Å². The van der Waals surface area contributed by atoms with Crippen LogP contribution in [-0.2, 0) is 19.1 Å². The summed E-state index contributed by atoms with van der Waals surface area (Å²) in [5.74, 6) is 1.42. The first-order valence-electron chi connectivity index (χ1n) is 19.3. The summed E-state index contributed by atoms with van der Waals surface area (Å²) < 4.78 is 28.3. The van der Waals surface area contributed by atoms with Crippen LogP contribution in [0.25, 0.3) is 11.0 Å². The second kappa shape index (κ2) is 14.9. The highest BCUT2D eigenvalue weighted by atomic mass is 28.4. The lowest BCUT2D eigenvalue weighted by Gasteiger charge is -2.42. The van der Waals surface area contributed by atoms with Gasteiger partial charge >= 0.3 is 0 Å². The summed E-state index contributed by atoms with van der Waals surface area (Å²) in [4.78, 5) is 9.74. The molecule has 2 aromatic heterocycles. The highest BCUT2D eigenvalue weighted by Crippen LogP contribution is 2.48. The summed E-state index contributed by atoms with van der Waals surface area (Å²) in [6.45, 7) is 24.2. The second-order valence-corrected chi connectivity index (χ2v) is 27.7. The van der Waals surface area contributed by atoms with E-state index in [1.807, 2.05) is 48.0 Å². The maximum absolute atomic E-state index is 12.4. The summed E-state index contributed by atoms with van der Waals surface area (Å²) in [5, 5.41) is 17.1. The Labute approximate surface area is 329 Å². The molecule has 1 fully saturated rings. The fourth-order valence-electron chi connectivity index (χ4n) is 6.83. The molecular weight excluding hydrogens is 721 g/mol. The van der Waals surface area contributed by atoms with Crippen molar-refractivity contribution in [3.05, 3.63) is 120 Å². The number of rotatable bonds is 12. The zero-order valence-corrected chi connectivity index (χ0v) is 36.7. The monoisotopic (exact) mass is 780 g/mol. The lowest BCUT2D eigenvalue weighted by atomic mass is 9.77. The zero-order chi connectivity index (χ0) is 40.0. The Hall–Kier alpha value is -3.85. The van der Waals surface area contributed by atoms with E-state index in [1.54, 1.807) is 13.4 Å². The molecule has 2 N–H and O–H groups in total. The number of fused-ring (bicyclic) bond motifs is 1. The Morgan fingerprint density at radius 3 is 1.85 bits per heavy atom. The van der Waals surface area contributed by atoms with E-state index in [4.69, 9.17) is 28.3 Å². The summed E-state index contributed by atoms with van der Waals surface area (Å²) in [7, 11) is -2.88. The molecule has 9 nitrogen and oxygen atoms in total. The topological polar surface area (TPSA) is 99.9 Å². The van der Waals surface area contributed by atoms with E-state index in [1.165, 1.54) is 0 Å². The molecule has 11 heteroatoms. The molecule has 3 aromatic carbocycles. The molecule has 0 saturated carbocycles. The van der Waals surface area contributed by atoms with Crippen LogP contribution in [0, 0.1) is 0 Å². The number of aliphatic hydroxyl groups is 1. The number of aromatic nitrogens is 3. The van der Waals surface area contributed by atoms with Crippen molar-refractivity contribution < 1.29 is 23.4 Å². The third kappa shape index (κ3) is 7.67. The molecule has 294 valence electrons. The molecule has 5 aromatic rings. The van der Waals surface area contributed by atoms with Gasteiger partial charge in [0.25, 0.3) is 0 Å². The van der Waals surface area contributed by atoms with Gasteiger partial charge in [0.05, 0.1) is 19.1 Å². The van der Waals surface area contributed by atoms with Gasteiger partial charge in [0, 0.05) is 6.20 Å². The largest absolute Gasteiger partial charge is 0.497 e. The summed E-state index contributed by atoms with van der Waals surface area (Å²) in [5.41, 5.74) is 1.57. The van der Waals surface area contributed by atoms with Gasteiger partial charge in [-0.3, -0.25) is 0 Å². The Morgan fingerprint density at radius 1 is 0.782 bits per heavy atom. The van der Waals surface area contributed by atoms with Gasteiger partial charge in [-0.05, 0) is 78.1 Å². The van der Waals surface area contributed by atoms with Crippen LogP contribution >= 0.6 is 0 Å². The molecule has 0 radical (unpaired) electrons. The highest BCUT2D eigenvalue weighted by molar-refractivity contribution is 6.74. The van der Waals surface area contributed by atoms with E-state index >= 15 is 0 Å². The number of nitrogens with one attached hydrogen (secondary N) is 1. The fourth-order valence-corrected chi connectivity index (χ4v) is 9.17. The van der Waals surface area contributed by atoms with Crippen molar-refractivity contribution in [3.8, 4) is 5.75 Å². The Bertz CT molecular complexity index is 2020. The van der Waals surface area contributed by atoms with Crippen molar-refractivity contribution in [1.29, 1.82) is 0 Å². The first-order valence-corrected chi connectivity index (χ1v) is 25.1. The molecule has 0 aliphatic carbocycles. The lowest BCUT2D eigenvalue weighted by molar-refractivity contribution is -0.0765. The van der Waals surface area contributed by atoms with Crippen LogP contribution < -0.4 is 10.1 Å². The molecule has 0 amide bonds. The summed E-state index contributed by atoms with van der Waals surface area (Å²) in [6.07, 6.45) is 1.58. The van der Waals surface area contributed by atoms with Gasteiger partial charge < -0.3 is 33.3 Å². The standard InChI is InChI=1S/C44H60N4O5Si2/c1-41(2,3)54(9,10)51-29-36-43(7,49)37(53-55(11,12)42(4,5)6)40(52-36)48-28-27-35-38(45-30-46-39(35)48)47-44(31-19-15-13-16-20-31,32-21-17-14-18-22-32)33-23-25-34(50-8)26-24-33/h13-28,30,36-37,40,49H,29H2,1-12H3,(H,45,46,47)/t36-,37+,40-,43-/m1/s1. The number of anilines is 1. The van der Waals surface area contributed by atoms with E-state index < -0.39 is 46.2 Å². The zero-order valence-electron chi connectivity index (χ0n) is 34.7. The SMILES string of the molecule is COc1ccc(C(Nc2ncnc3c2ccn3[C@@H]2O[C@H](CO[Si](C)(C)C(C)(C)C)[C@@](C)(O)[C@H]2O[Si](C)(C)C(C)(C)C)(c2ccccc2)c2ccccc2)cc1. The lowest BCUT2D eigenvalue weighted by Crippen LogP contribution is -2.55. The Morgan fingerprint density at radius 2 is 1.33 bits per heavy atom. The number of hydrogen-bond donors (Lipinski definition) is 2. The smallest absolute Gasteiger partial charge is 0.192 e. The van der Waals surface area contributed by atoms with Crippen LogP contribution in [-0.4, -0.2) is 67.8 Å². The van der Waals surface area contributed by atoms with Crippen LogP contribution in [0.15, 0.2) is 104 Å². The van der Waals surface area contributed by atoms with E-state index in [0.717, 1.165) is 27.8 Å². The van der Waals surface area contributed by atoms with Crippen LogP contribution in [0.3, 0.4) is 0 Å². The molecule has 1 aliphatic heterocycles. The number of benzene rings is 3. The van der Waals surface area contributed by atoms with Crippen LogP contribution in [0.4, 0.5) is 5.82 Å². The molecule has 4 atom stereocenters. The van der Waals surface area contributed by atoms with Crippen molar-refractivity contribution in [2.24, 2.45) is 0 Å². The molecule has 0 spiro atoms. The van der Waals surface area contributed by atoms with Crippen molar-refractivity contribution in [2.75, 3.05) is 19.0 Å². The van der Waals surface area contributed by atoms with Crippen molar-refractivity contribution in [3.63, 3.8) is 0 Å². The Kier molecular flexibility index (Phi) is 11.1. The van der Waals surface area contributed by atoms with Gasteiger partial charge in [0.2, 0.25) is 0 Å². The quantitative estimate of drug-likeness (QED) is 0.0954. The first-order chi connectivity index (χ1) is 25.7. The van der Waals surface area contributed by atoms with E-state index in [9.17, 15) is 5.11 Å². The van der Waals surface area contributed by atoms with Gasteiger partial charge in [-0.1, -0.05) is 114 Å². The second-order valence-electron chi connectivity index (χ2n) is 18.1. The Balaban J connectivity index is 1.48. The maximum Gasteiger partial charge on any atom is 0.192 e. The minimum absolute atomic E-state index is 0.00535. The molecule has 6 rings (SSSR count). The highest BCUT2D eigenvalue weighted by Gasteiger charge is 2.58. The van der Waals surface area contributed by atoms with Gasteiger partial charge in [0.15, 0.2) is 22.9 Å². The third-order valence-corrected chi connectivity index (χ3v) is 21.4. The predicted molar refractivity (Wildman–Crippen MR) is 227 cm³/mol. The first kappa shape index (κ1) is 40.8. The van der Waals surface area contributed by atoms with Crippen LogP contribution in [0.1, 0.15) is 71.4 Å². The molecule has 0 unspecified atom stereocenters. The number of nitrogens with zero attached hydrogens (tertiary/aromatic N) is 3. The van der Waals surface area contributed by atoms with Crippen molar-refractivity contribution in [1.82, 2.24) is 14.5 Å². The molecule has 55 heavy (non-hydrogen) atoms. The van der Waals surface area contributed by atoms with Crippen molar-refractivity contribution >= 4 is 33.5 Å². The molecule has 1 saturated heterocycles. The maximum atomic E-state index is 12.4. The summed E-state index contributed by atoms with van der Waals surface area (Å²) >= 11 is 0. The van der Waals surface area contributed by atoms with Gasteiger partial charge in [0.1, 0.15) is 46.9 Å². The molecule has 1 aliphatic rings. The van der Waals surface area contributed by atoms with E-state index in [2.05, 4.69) is 134 Å². The normalized spacial score (nSPS) is 21.2. The van der Waals surface area contributed by atoms with Gasteiger partial charge in [-0.15, -0.1) is 0 Å². The molecule has 3 heterocycles. The third-order valence-electron chi connectivity index (χ3n) is 12.4. The van der Waals surface area contributed by atoms with Gasteiger partial charge in [-0.25, -0.2) is 9.97 Å². The van der Waals surface area contributed by atoms with Crippen molar-refractivity contribution in [2.45, 2.75) is 114 Å². The number of ether oxygens (including phenoxy) is 2. The van der Waals surface area contributed by atoms with Crippen LogP contribution in [0.2, 0.25) is 36.3 Å². The molecule has 0 bridgehead atoms. The predicted octanol–water partition coefficient (Wildman–Crippen LogP) is 9.90. The number of methoxy groups -OCH3 is 1. The van der Waals surface area contributed by atoms with E-state index in [-0.39, 0.29) is 16.7 Å². The number of hydrogen-bond acceptors (Lipinski definition) is 8. The van der Waals surface area contributed by atoms with Gasteiger partial charge in [-0.2, -0.15) is 0 Å². The average molecular weight is 781 g/mol. The van der Waals surface area contributed by atoms with Crippen LogP contribution in [0.5, 0.6) is 5.75 Å². The molecular formula is C44H60N4O5Si2. The minimum atomic E-state index is -2.40.